The quantitative estimate of drug-likeness (QED) is 0.145. The van der Waals surface area contributed by atoms with Crippen molar-refractivity contribution in [2.75, 3.05) is 48.8 Å². The van der Waals surface area contributed by atoms with Crippen molar-refractivity contribution in [1.29, 1.82) is 0 Å². The van der Waals surface area contributed by atoms with Crippen molar-refractivity contribution < 1.29 is 58.1 Å². The minimum absolute atomic E-state index is 0.0276. The number of carbonyl (C=O) groups excluding carboxylic acids is 2. The number of rotatable bonds is 15. The molecule has 12 nitrogen and oxygen atoms in total. The molecule has 12 heteroatoms. The van der Waals surface area contributed by atoms with Gasteiger partial charge in [-0.2, -0.15) is 0 Å². The number of aromatic hydroxyl groups is 1. The van der Waals surface area contributed by atoms with E-state index in [0.717, 1.165) is 5.56 Å². The van der Waals surface area contributed by atoms with Crippen molar-refractivity contribution in [1.82, 2.24) is 0 Å². The van der Waals surface area contributed by atoms with Crippen LogP contribution < -0.4 is 33.2 Å². The fraction of sp³-hybridized carbons (Fsp3) is 0.297. The molecule has 0 aliphatic heterocycles. The van der Waals surface area contributed by atoms with Gasteiger partial charge in [-0.05, 0) is 73.5 Å². The van der Waals surface area contributed by atoms with E-state index in [1.807, 2.05) is 6.92 Å². The Kier molecular flexibility index (Phi) is 14.1. The van der Waals surface area contributed by atoms with Gasteiger partial charge in [0.15, 0.2) is 58.2 Å². The lowest BCUT2D eigenvalue weighted by atomic mass is 10.0. The highest BCUT2D eigenvalue weighted by atomic mass is 16.5. The number of aliphatic hydroxyl groups is 2. The molecule has 3 N–H and O–H groups in total. The van der Waals surface area contributed by atoms with E-state index >= 15 is 0 Å². The minimum Gasteiger partial charge on any atom is -0.504 e. The zero-order valence-electron chi connectivity index (χ0n) is 28.5. The Morgan fingerprint density at radius 2 is 0.939 bits per heavy atom. The van der Waals surface area contributed by atoms with Gasteiger partial charge in [0.2, 0.25) is 11.6 Å². The Hall–Kier alpha value is -5.46. The Balaban J connectivity index is 0.000000266. The van der Waals surface area contributed by atoms with Crippen LogP contribution in [0.1, 0.15) is 31.8 Å². The van der Waals surface area contributed by atoms with E-state index in [-0.39, 0.29) is 22.8 Å². The molecule has 0 amide bonds. The van der Waals surface area contributed by atoms with Crippen molar-refractivity contribution in [3.05, 3.63) is 95.1 Å². The number of phenols is 1. The second-order valence-corrected chi connectivity index (χ2v) is 10.5. The van der Waals surface area contributed by atoms with Gasteiger partial charge in [0, 0.05) is 11.1 Å². The summed E-state index contributed by atoms with van der Waals surface area (Å²) >= 11 is 0. The van der Waals surface area contributed by atoms with Crippen LogP contribution in [0, 0.1) is 13.8 Å². The van der Waals surface area contributed by atoms with E-state index in [0.29, 0.717) is 45.6 Å². The monoisotopic (exact) mass is 678 g/mol. The Labute approximate surface area is 285 Å². The molecule has 0 fully saturated rings. The summed E-state index contributed by atoms with van der Waals surface area (Å²) in [6.07, 6.45) is -2.16. The number of Topliss-reactive ketones (excluding diaryl/α,β-unsaturated/α-hetero) is 2. The summed E-state index contributed by atoms with van der Waals surface area (Å²) in [4.78, 5) is 25.4. The summed E-state index contributed by atoms with van der Waals surface area (Å²) in [5, 5.41) is 29.1. The highest BCUT2D eigenvalue weighted by Gasteiger charge is 2.26. The smallest absolute Gasteiger partial charge is 0.205 e. The first-order valence-corrected chi connectivity index (χ1v) is 15.1. The Morgan fingerprint density at radius 1 is 0.551 bits per heavy atom. The van der Waals surface area contributed by atoms with E-state index in [2.05, 4.69) is 0 Å². The molecule has 4 aromatic carbocycles. The van der Waals surface area contributed by atoms with Gasteiger partial charge in [0.05, 0.1) is 48.8 Å². The molecule has 0 spiro atoms. The standard InChI is InChI=1S/C19H22O6.C18H20O6/c1-12-9-13(10-16(23-3)19(12)24-4)18(21)17(11-20)25-15-8-6-5-7-14(15)22-2;1-11-8-12(9-15(23-3)17(11)20)18(21)16(10-19)24-14-7-5-4-6-13(14)22-2/h5-10,17,20H,11H2,1-4H3;4-9,16,19-20H,10H2,1-3H3. The van der Waals surface area contributed by atoms with Crippen LogP contribution in [0.25, 0.3) is 0 Å². The number of carbonyl (C=O) groups is 2. The Morgan fingerprint density at radius 3 is 1.33 bits per heavy atom. The number of aliphatic hydroxyl groups excluding tert-OH is 2. The molecule has 0 aliphatic rings. The molecule has 49 heavy (non-hydrogen) atoms. The van der Waals surface area contributed by atoms with Crippen LogP contribution in [0.2, 0.25) is 0 Å². The maximum absolute atomic E-state index is 12.8. The minimum atomic E-state index is -1.10. The van der Waals surface area contributed by atoms with Crippen LogP contribution in [-0.2, 0) is 0 Å². The number of phenolic OH excluding ortho intramolecular Hbond substituents is 1. The summed E-state index contributed by atoms with van der Waals surface area (Å²) in [7, 11) is 7.44. The summed E-state index contributed by atoms with van der Waals surface area (Å²) in [5.41, 5.74) is 1.88. The average Bonchev–Trinajstić information content (AvgIpc) is 3.13. The number of ether oxygens (including phenoxy) is 7. The van der Waals surface area contributed by atoms with E-state index in [1.54, 1.807) is 67.6 Å². The Bertz CT molecular complexity index is 1720. The van der Waals surface area contributed by atoms with Crippen molar-refractivity contribution >= 4 is 11.6 Å². The van der Waals surface area contributed by atoms with Gasteiger partial charge >= 0.3 is 0 Å². The molecule has 0 aliphatic carbocycles. The zero-order chi connectivity index (χ0) is 36.1. The van der Waals surface area contributed by atoms with Crippen LogP contribution >= 0.6 is 0 Å². The third-order valence-electron chi connectivity index (χ3n) is 7.31. The number of benzene rings is 4. The third-order valence-corrected chi connectivity index (χ3v) is 7.31. The zero-order valence-corrected chi connectivity index (χ0v) is 28.5. The van der Waals surface area contributed by atoms with Gasteiger partial charge < -0.3 is 48.5 Å². The molecule has 2 unspecified atom stereocenters. The first-order chi connectivity index (χ1) is 23.6. The van der Waals surface area contributed by atoms with Crippen LogP contribution in [0.3, 0.4) is 0 Å². The van der Waals surface area contributed by atoms with Crippen molar-refractivity contribution in [3.8, 4) is 46.0 Å². The van der Waals surface area contributed by atoms with Gasteiger partial charge in [0.1, 0.15) is 0 Å². The van der Waals surface area contributed by atoms with Gasteiger partial charge in [-0.3, -0.25) is 9.59 Å². The molecule has 0 aromatic heterocycles. The topological polar surface area (TPSA) is 159 Å². The van der Waals surface area contributed by atoms with Crippen LogP contribution in [0.4, 0.5) is 0 Å². The second-order valence-electron chi connectivity index (χ2n) is 10.5. The average molecular weight is 679 g/mol. The molecule has 0 bridgehead atoms. The summed E-state index contributed by atoms with van der Waals surface area (Å²) in [6.45, 7) is 2.50. The number of para-hydroxylation sites is 4. The lowest BCUT2D eigenvalue weighted by Gasteiger charge is -2.19. The van der Waals surface area contributed by atoms with Crippen LogP contribution in [0.15, 0.2) is 72.8 Å². The largest absolute Gasteiger partial charge is 0.504 e. The van der Waals surface area contributed by atoms with Crippen LogP contribution in [-0.4, -0.2) is 87.9 Å². The van der Waals surface area contributed by atoms with Crippen molar-refractivity contribution in [3.63, 3.8) is 0 Å². The predicted molar refractivity (Wildman–Crippen MR) is 181 cm³/mol. The lowest BCUT2D eigenvalue weighted by Crippen LogP contribution is -2.31. The molecule has 0 radical (unpaired) electrons. The molecule has 0 heterocycles. The van der Waals surface area contributed by atoms with Crippen molar-refractivity contribution in [2.45, 2.75) is 26.1 Å². The van der Waals surface area contributed by atoms with Gasteiger partial charge in [-0.25, -0.2) is 0 Å². The van der Waals surface area contributed by atoms with Crippen molar-refractivity contribution in [2.24, 2.45) is 0 Å². The number of hydrogen-bond donors (Lipinski definition) is 3. The van der Waals surface area contributed by atoms with Gasteiger partial charge in [-0.15, -0.1) is 0 Å². The van der Waals surface area contributed by atoms with Gasteiger partial charge in [-0.1, -0.05) is 24.3 Å². The first-order valence-electron chi connectivity index (χ1n) is 15.1. The highest BCUT2D eigenvalue weighted by Crippen LogP contribution is 2.34. The SMILES string of the molecule is COc1ccccc1OC(CO)C(=O)c1cc(C)c(O)c(OC)c1.COc1ccccc1OC(CO)C(=O)c1cc(C)c(OC)c(OC)c1. The fourth-order valence-electron chi connectivity index (χ4n) is 4.80. The molecule has 4 aromatic rings. The normalized spacial score (nSPS) is 11.6. The summed E-state index contributed by atoms with van der Waals surface area (Å²) in [5.74, 6) is 2.06. The van der Waals surface area contributed by atoms with Gasteiger partial charge in [0.25, 0.3) is 0 Å². The van der Waals surface area contributed by atoms with E-state index in [9.17, 15) is 24.9 Å². The number of ketones is 2. The summed E-state index contributed by atoms with van der Waals surface area (Å²) < 4.78 is 37.3. The van der Waals surface area contributed by atoms with Crippen LogP contribution in [0.5, 0.6) is 46.0 Å². The number of hydrogen-bond acceptors (Lipinski definition) is 12. The fourth-order valence-corrected chi connectivity index (χ4v) is 4.80. The van der Waals surface area contributed by atoms with E-state index in [1.165, 1.54) is 47.7 Å². The molecule has 262 valence electrons. The number of methoxy groups -OCH3 is 5. The maximum Gasteiger partial charge on any atom is 0.205 e. The first kappa shape index (κ1) is 38.0. The molecular weight excluding hydrogens is 636 g/mol. The lowest BCUT2D eigenvalue weighted by molar-refractivity contribution is 0.0646. The maximum atomic E-state index is 12.8. The van der Waals surface area contributed by atoms with E-state index < -0.39 is 31.2 Å². The van der Waals surface area contributed by atoms with E-state index in [4.69, 9.17) is 33.2 Å². The molecule has 4 rings (SSSR count). The summed E-state index contributed by atoms with van der Waals surface area (Å²) in [6, 6.07) is 20.0. The highest BCUT2D eigenvalue weighted by molar-refractivity contribution is 6.01. The second kappa shape index (κ2) is 18.2. The molecule has 2 atom stereocenters. The third kappa shape index (κ3) is 9.34. The predicted octanol–water partition coefficient (Wildman–Crippen LogP) is 4.98. The number of aryl methyl sites for hydroxylation is 2. The molecule has 0 saturated carbocycles. The molecule has 0 saturated heterocycles. The molecular formula is C37H42O12.